The fourth-order valence-corrected chi connectivity index (χ4v) is 4.82. The first-order valence-corrected chi connectivity index (χ1v) is 11.7. The molecular weight excluding hydrogens is 466 g/mol. The lowest BCUT2D eigenvalue weighted by molar-refractivity contribution is -0.140. The van der Waals surface area contributed by atoms with E-state index in [-0.39, 0.29) is 24.0 Å². The second kappa shape index (κ2) is 10.5. The van der Waals surface area contributed by atoms with Crippen LogP contribution in [0.15, 0.2) is 35.9 Å². The molecule has 0 aliphatic carbocycles. The minimum absolute atomic E-state index is 0.00129. The van der Waals surface area contributed by atoms with Gasteiger partial charge in [0.15, 0.2) is 11.5 Å². The molecule has 36 heavy (non-hydrogen) atoms. The third kappa shape index (κ3) is 4.46. The van der Waals surface area contributed by atoms with Crippen LogP contribution in [-0.4, -0.2) is 69.4 Å². The molecule has 2 aliphatic rings. The first-order chi connectivity index (χ1) is 17.3. The summed E-state index contributed by atoms with van der Waals surface area (Å²) in [6, 6.07) is 7.78. The molecule has 192 valence electrons. The normalized spacial score (nSPS) is 20.3. The van der Waals surface area contributed by atoms with E-state index in [0.717, 1.165) is 11.3 Å². The first-order valence-electron chi connectivity index (χ1n) is 11.7. The second-order valence-corrected chi connectivity index (χ2v) is 8.75. The molecule has 1 saturated heterocycles. The maximum Gasteiger partial charge on any atom is 0.295 e. The third-order valence-electron chi connectivity index (χ3n) is 6.46. The fourth-order valence-electron chi connectivity index (χ4n) is 4.82. The predicted octanol–water partition coefficient (Wildman–Crippen LogP) is 3.49. The maximum atomic E-state index is 13.3. The Labute approximate surface area is 210 Å². The van der Waals surface area contributed by atoms with E-state index in [4.69, 9.17) is 23.7 Å². The summed E-state index contributed by atoms with van der Waals surface area (Å²) in [6.45, 7) is 2.63. The lowest BCUT2D eigenvalue weighted by Crippen LogP contribution is -2.31. The zero-order valence-electron chi connectivity index (χ0n) is 21.1. The number of hydrogen-bond donors (Lipinski definition) is 1. The summed E-state index contributed by atoms with van der Waals surface area (Å²) in [5.74, 6) is 0.186. The number of hydrogen-bond acceptors (Lipinski definition) is 8. The number of amides is 1. The van der Waals surface area contributed by atoms with E-state index in [2.05, 4.69) is 0 Å². The number of carbonyl (C=O) groups excluding carboxylic acids is 2. The Hall–Kier alpha value is -3.72. The molecule has 2 aliphatic heterocycles. The number of Topliss-reactive ketones (excluding diaryl/α,β-unsaturated/α-hetero) is 1. The molecule has 1 amide bonds. The van der Waals surface area contributed by atoms with E-state index < -0.39 is 17.7 Å². The Bertz CT molecular complexity index is 1180. The summed E-state index contributed by atoms with van der Waals surface area (Å²) in [5.41, 5.74) is 1.92. The van der Waals surface area contributed by atoms with Crippen LogP contribution >= 0.6 is 0 Å². The van der Waals surface area contributed by atoms with Crippen LogP contribution in [0, 0.1) is 0 Å². The molecule has 2 aromatic rings. The zero-order valence-corrected chi connectivity index (χ0v) is 21.1. The Morgan fingerprint density at radius 3 is 2.36 bits per heavy atom. The van der Waals surface area contributed by atoms with E-state index >= 15 is 0 Å². The molecule has 9 nitrogen and oxygen atoms in total. The van der Waals surface area contributed by atoms with Gasteiger partial charge in [-0.05, 0) is 54.8 Å². The highest BCUT2D eigenvalue weighted by Crippen LogP contribution is 2.46. The van der Waals surface area contributed by atoms with Gasteiger partial charge < -0.3 is 33.7 Å². The van der Waals surface area contributed by atoms with E-state index in [9.17, 15) is 14.7 Å². The molecule has 9 heteroatoms. The monoisotopic (exact) mass is 497 g/mol. The number of nitrogens with zero attached hydrogens (tertiary/aromatic N) is 1. The predicted molar refractivity (Wildman–Crippen MR) is 132 cm³/mol. The average Bonchev–Trinajstić information content (AvgIpc) is 3.38. The van der Waals surface area contributed by atoms with Crippen molar-refractivity contribution in [3.8, 4) is 23.0 Å². The summed E-state index contributed by atoms with van der Waals surface area (Å²) in [7, 11) is 6.05. The van der Waals surface area contributed by atoms with Gasteiger partial charge in [-0.1, -0.05) is 0 Å². The van der Waals surface area contributed by atoms with Gasteiger partial charge >= 0.3 is 0 Å². The van der Waals surface area contributed by atoms with Gasteiger partial charge in [-0.3, -0.25) is 9.59 Å². The van der Waals surface area contributed by atoms with Gasteiger partial charge in [0.1, 0.15) is 17.6 Å². The molecule has 1 N–H and O–H groups in total. The molecule has 4 rings (SSSR count). The smallest absolute Gasteiger partial charge is 0.295 e. The largest absolute Gasteiger partial charge is 0.507 e. The number of rotatable bonds is 9. The van der Waals surface area contributed by atoms with Crippen molar-refractivity contribution in [1.29, 1.82) is 0 Å². The second-order valence-electron chi connectivity index (χ2n) is 8.75. The van der Waals surface area contributed by atoms with Crippen molar-refractivity contribution in [2.75, 3.05) is 41.6 Å². The van der Waals surface area contributed by atoms with Crippen molar-refractivity contribution in [1.82, 2.24) is 4.90 Å². The Morgan fingerprint density at radius 2 is 1.75 bits per heavy atom. The molecule has 0 spiro atoms. The molecule has 0 aromatic heterocycles. The van der Waals surface area contributed by atoms with Crippen LogP contribution in [0.5, 0.6) is 23.0 Å². The quantitative estimate of drug-likeness (QED) is 0.243. The topological polar surface area (TPSA) is 104 Å². The van der Waals surface area contributed by atoms with Crippen LogP contribution in [0.4, 0.5) is 0 Å². The SMILES string of the molecule is COCCCN1C(=O)C(=O)C(=C(O)c2ccc3c(c2)C[C@H](C)O3)[C@H]1c1cc(OC)c(OC)c(OC)c1. The minimum Gasteiger partial charge on any atom is -0.507 e. The number of benzene rings is 2. The van der Waals surface area contributed by atoms with Crippen molar-refractivity contribution < 1.29 is 38.4 Å². The van der Waals surface area contributed by atoms with Gasteiger partial charge in [-0.15, -0.1) is 0 Å². The molecule has 0 bridgehead atoms. The molecule has 2 heterocycles. The molecule has 1 fully saturated rings. The molecule has 0 unspecified atom stereocenters. The van der Waals surface area contributed by atoms with Crippen LogP contribution in [0.3, 0.4) is 0 Å². The van der Waals surface area contributed by atoms with E-state index in [1.807, 2.05) is 6.92 Å². The third-order valence-corrected chi connectivity index (χ3v) is 6.46. The number of aliphatic hydroxyl groups excluding tert-OH is 1. The van der Waals surface area contributed by atoms with Crippen molar-refractivity contribution in [3.63, 3.8) is 0 Å². The van der Waals surface area contributed by atoms with Crippen molar-refractivity contribution >= 4 is 17.4 Å². The van der Waals surface area contributed by atoms with Crippen LogP contribution < -0.4 is 18.9 Å². The van der Waals surface area contributed by atoms with Gasteiger partial charge in [-0.2, -0.15) is 0 Å². The number of carbonyl (C=O) groups is 2. The lowest BCUT2D eigenvalue weighted by atomic mass is 9.94. The van der Waals surface area contributed by atoms with Crippen molar-refractivity contribution in [2.24, 2.45) is 0 Å². The number of methoxy groups -OCH3 is 4. The summed E-state index contributed by atoms with van der Waals surface area (Å²) in [6.07, 6.45) is 1.24. The summed E-state index contributed by atoms with van der Waals surface area (Å²) in [5, 5.41) is 11.4. The number of likely N-dealkylation sites (tertiary alicyclic amines) is 1. The van der Waals surface area contributed by atoms with Crippen LogP contribution in [-0.2, 0) is 20.7 Å². The highest BCUT2D eigenvalue weighted by molar-refractivity contribution is 6.46. The van der Waals surface area contributed by atoms with Crippen LogP contribution in [0.1, 0.15) is 36.1 Å². The summed E-state index contributed by atoms with van der Waals surface area (Å²) < 4.78 is 27.3. The summed E-state index contributed by atoms with van der Waals surface area (Å²) >= 11 is 0. The molecule has 0 radical (unpaired) electrons. The number of aliphatic hydroxyl groups is 1. The molecule has 2 aromatic carbocycles. The van der Waals surface area contributed by atoms with Gasteiger partial charge in [0.05, 0.1) is 32.9 Å². The minimum atomic E-state index is -0.862. The highest BCUT2D eigenvalue weighted by Gasteiger charge is 2.46. The van der Waals surface area contributed by atoms with Gasteiger partial charge in [0.25, 0.3) is 11.7 Å². The highest BCUT2D eigenvalue weighted by atomic mass is 16.5. The Kier molecular flexibility index (Phi) is 7.40. The van der Waals surface area contributed by atoms with E-state index in [0.29, 0.717) is 47.8 Å². The summed E-state index contributed by atoms with van der Waals surface area (Å²) in [4.78, 5) is 27.9. The van der Waals surface area contributed by atoms with Crippen LogP contribution in [0.25, 0.3) is 5.76 Å². The molecular formula is C27H31NO8. The van der Waals surface area contributed by atoms with Gasteiger partial charge in [0.2, 0.25) is 5.75 Å². The average molecular weight is 498 g/mol. The van der Waals surface area contributed by atoms with Crippen LogP contribution in [0.2, 0.25) is 0 Å². The van der Waals surface area contributed by atoms with E-state index in [1.165, 1.54) is 26.2 Å². The Morgan fingerprint density at radius 1 is 1.06 bits per heavy atom. The zero-order chi connectivity index (χ0) is 26.0. The Balaban J connectivity index is 1.88. The molecule has 0 saturated carbocycles. The molecule has 2 atom stereocenters. The number of fused-ring (bicyclic) bond motifs is 1. The van der Waals surface area contributed by atoms with Gasteiger partial charge in [0, 0.05) is 32.2 Å². The number of ketones is 1. The number of ether oxygens (including phenoxy) is 5. The van der Waals surface area contributed by atoms with Gasteiger partial charge in [-0.25, -0.2) is 0 Å². The first kappa shape index (κ1) is 25.4. The van der Waals surface area contributed by atoms with Crippen molar-refractivity contribution in [2.45, 2.75) is 31.9 Å². The van der Waals surface area contributed by atoms with Crippen molar-refractivity contribution in [3.05, 3.63) is 52.6 Å². The van der Waals surface area contributed by atoms with E-state index in [1.54, 1.807) is 37.4 Å². The standard InChI is InChI=1S/C27H31NO8/c1-15-11-17-12-16(7-8-19(17)36-15)24(29)22-23(28(9-6-10-32-2)27(31)25(22)30)18-13-20(33-3)26(35-5)21(14-18)34-4/h7-8,12-15,23,29H,6,9-11H2,1-5H3/t15-,23+/m0/s1. The fraction of sp³-hybridized carbons (Fsp3) is 0.407. The maximum absolute atomic E-state index is 13.3. The lowest BCUT2D eigenvalue weighted by Gasteiger charge is -2.26.